The number of ether oxygens (including phenoxy) is 2. The fraction of sp³-hybridized carbons (Fsp3) is 0.294. The Hall–Kier alpha value is -1.61. The summed E-state index contributed by atoms with van der Waals surface area (Å²) in [5, 5.41) is 0. The summed E-state index contributed by atoms with van der Waals surface area (Å²) >= 11 is 2.39. The van der Waals surface area contributed by atoms with Crippen LogP contribution in [0.4, 0.5) is 4.39 Å². The average molecular weight is 730 g/mol. The predicted molar refractivity (Wildman–Crippen MR) is 173 cm³/mol. The predicted octanol–water partition coefficient (Wildman–Crippen LogP) is 6.38. The first-order valence-corrected chi connectivity index (χ1v) is 13.6. The minimum Gasteiger partial charge on any atom is -1.00 e. The summed E-state index contributed by atoms with van der Waals surface area (Å²) in [5.41, 5.74) is 12.6. The molecule has 40 heavy (non-hydrogen) atoms. The summed E-state index contributed by atoms with van der Waals surface area (Å²) in [6.45, 7) is 16.8. The second kappa shape index (κ2) is 18.0. The van der Waals surface area contributed by atoms with Gasteiger partial charge in [0, 0.05) is 5.56 Å². The monoisotopic (exact) mass is 728 g/mol. The fourth-order valence-electron chi connectivity index (χ4n) is 4.57. The molecule has 0 spiro atoms. The van der Waals surface area contributed by atoms with E-state index in [0.29, 0.717) is 5.75 Å². The molecule has 0 aliphatic carbocycles. The van der Waals surface area contributed by atoms with Gasteiger partial charge < -0.3 is 26.5 Å². The van der Waals surface area contributed by atoms with Crippen molar-refractivity contribution >= 4 is 45.6 Å². The van der Waals surface area contributed by atoms with E-state index >= 15 is 0 Å². The molecule has 0 bridgehead atoms. The minimum atomic E-state index is -0.303. The van der Waals surface area contributed by atoms with Crippen molar-refractivity contribution in [2.24, 2.45) is 0 Å². The Morgan fingerprint density at radius 1 is 0.600 bits per heavy atom. The number of rotatable bonds is 3. The molecule has 0 aliphatic heterocycles. The van der Waals surface area contributed by atoms with Gasteiger partial charge in [-0.15, -0.1) is 0 Å². The second-order valence-electron chi connectivity index (χ2n) is 9.71. The van der Waals surface area contributed by atoms with Crippen LogP contribution in [0.3, 0.4) is 0 Å². The van der Waals surface area contributed by atoms with Crippen LogP contribution in [0.15, 0.2) is 54.6 Å². The molecular weight excluding hydrogens is 690 g/mol. The van der Waals surface area contributed by atoms with Gasteiger partial charge in [0.25, 0.3) is 0 Å². The summed E-state index contributed by atoms with van der Waals surface area (Å²) in [6, 6.07) is 21.0. The molecule has 0 atom stereocenters. The van der Waals surface area contributed by atoms with Gasteiger partial charge in [-0.25, -0.2) is 4.39 Å². The Morgan fingerprint density at radius 3 is 1.52 bits per heavy atom. The van der Waals surface area contributed by atoms with Crippen molar-refractivity contribution in [1.82, 2.24) is 0 Å². The van der Waals surface area contributed by atoms with Gasteiger partial charge in [0.05, 0.1) is 17.8 Å². The molecule has 0 unspecified atom stereocenters. The third kappa shape index (κ3) is 11.0. The molecule has 0 amide bonds. The smallest absolute Gasteiger partial charge is 1.00 e. The zero-order valence-corrected chi connectivity index (χ0v) is 30.5. The standard InChI is InChI=1S/C17H19IO.C9H11.C8H9FO.BrH.Mg/c1-10-8-12(3)15(13(4)9-10)16-11(2)6-7-14(19-5)17(16)18;1-7-4-8(2)6-9(3)5-7;1-6-3-4-8(10-2)7(9)5-6;;/h6-9H,1-5H3;4-5H,1-3H3;3-5H,1-2H3;1H;/q;-1;;;+2/p-1. The number of halogens is 3. The van der Waals surface area contributed by atoms with Gasteiger partial charge in [-0.2, -0.15) is 34.9 Å². The van der Waals surface area contributed by atoms with E-state index < -0.39 is 0 Å². The number of methoxy groups -OCH3 is 2. The van der Waals surface area contributed by atoms with Gasteiger partial charge in [-0.3, -0.25) is 0 Å². The van der Waals surface area contributed by atoms with E-state index in [9.17, 15) is 4.39 Å². The maximum Gasteiger partial charge on any atom is 2.00 e. The van der Waals surface area contributed by atoms with Gasteiger partial charge in [0.1, 0.15) is 5.75 Å². The molecule has 4 rings (SSSR count). The van der Waals surface area contributed by atoms with Crippen LogP contribution in [0.5, 0.6) is 11.5 Å². The third-order valence-electron chi connectivity index (χ3n) is 6.05. The molecular formula is C34H39BrFIMgO2. The molecule has 0 aromatic heterocycles. The Kier molecular flexibility index (Phi) is 17.3. The van der Waals surface area contributed by atoms with Crippen LogP contribution < -0.4 is 26.5 Å². The first-order valence-electron chi connectivity index (χ1n) is 12.6. The SMILES string of the molecule is COc1ccc(C)c(-c2c(C)cc(C)cc2C)c1I.COc1ccc(C)cc1F.Cc1[c-]c(C)cc(C)c1.[Br-].[Mg+2]. The average Bonchev–Trinajstić information content (AvgIpc) is 2.81. The molecule has 0 heterocycles. The van der Waals surface area contributed by atoms with E-state index in [2.05, 4.69) is 107 Å². The molecule has 0 saturated carbocycles. The summed E-state index contributed by atoms with van der Waals surface area (Å²) < 4.78 is 24.1. The topological polar surface area (TPSA) is 18.5 Å². The minimum absolute atomic E-state index is 0. The van der Waals surface area contributed by atoms with Crippen LogP contribution in [-0.2, 0) is 0 Å². The molecule has 0 saturated heterocycles. The van der Waals surface area contributed by atoms with Gasteiger partial charge in [0.15, 0.2) is 11.6 Å². The maximum absolute atomic E-state index is 12.7. The first-order chi connectivity index (χ1) is 17.9. The zero-order valence-electron chi connectivity index (χ0n) is 25.4. The molecule has 4 aromatic rings. The van der Waals surface area contributed by atoms with Crippen LogP contribution >= 0.6 is 22.6 Å². The van der Waals surface area contributed by atoms with E-state index in [1.807, 2.05) is 19.1 Å². The van der Waals surface area contributed by atoms with E-state index in [0.717, 1.165) is 11.3 Å². The molecule has 210 valence electrons. The molecule has 6 heteroatoms. The summed E-state index contributed by atoms with van der Waals surface area (Å²) in [5.74, 6) is 0.939. The van der Waals surface area contributed by atoms with Crippen molar-refractivity contribution < 1.29 is 30.8 Å². The van der Waals surface area contributed by atoms with Crippen LogP contribution in [0.1, 0.15) is 44.5 Å². The van der Waals surface area contributed by atoms with E-state index in [1.54, 1.807) is 13.2 Å². The quantitative estimate of drug-likeness (QED) is 0.139. The maximum atomic E-state index is 12.7. The van der Waals surface area contributed by atoms with Crippen molar-refractivity contribution in [1.29, 1.82) is 0 Å². The van der Waals surface area contributed by atoms with Gasteiger partial charge in [-0.05, 0) is 103 Å². The van der Waals surface area contributed by atoms with Crippen molar-refractivity contribution in [3.63, 3.8) is 0 Å². The number of hydrogen-bond donors (Lipinski definition) is 0. The summed E-state index contributed by atoms with van der Waals surface area (Å²) in [4.78, 5) is 0. The van der Waals surface area contributed by atoms with Crippen molar-refractivity contribution in [3.8, 4) is 22.6 Å². The van der Waals surface area contributed by atoms with Gasteiger partial charge >= 0.3 is 23.1 Å². The molecule has 0 N–H and O–H groups in total. The molecule has 0 fully saturated rings. The summed E-state index contributed by atoms with van der Waals surface area (Å²) in [6.07, 6.45) is 0. The van der Waals surface area contributed by atoms with Crippen molar-refractivity contribution in [3.05, 3.63) is 115 Å². The van der Waals surface area contributed by atoms with Gasteiger partial charge in [0.2, 0.25) is 0 Å². The largest absolute Gasteiger partial charge is 2.00 e. The van der Waals surface area contributed by atoms with Crippen molar-refractivity contribution in [2.75, 3.05) is 14.2 Å². The van der Waals surface area contributed by atoms with E-state index in [4.69, 9.17) is 9.47 Å². The van der Waals surface area contributed by atoms with Crippen molar-refractivity contribution in [2.45, 2.75) is 55.4 Å². The first kappa shape index (κ1) is 38.4. The normalized spacial score (nSPS) is 9.60. The summed E-state index contributed by atoms with van der Waals surface area (Å²) in [7, 11) is 3.18. The fourth-order valence-corrected chi connectivity index (χ4v) is 5.67. The van der Waals surface area contributed by atoms with Gasteiger partial charge in [-0.1, -0.05) is 50.6 Å². The Labute approximate surface area is 281 Å². The van der Waals surface area contributed by atoms with Crippen LogP contribution in [0.2, 0.25) is 0 Å². The zero-order chi connectivity index (χ0) is 28.6. The number of benzene rings is 4. The molecule has 2 nitrogen and oxygen atoms in total. The Bertz CT molecular complexity index is 1330. The molecule has 4 aromatic carbocycles. The number of hydrogen-bond acceptors (Lipinski definition) is 2. The Balaban J connectivity index is 0.000000615. The third-order valence-corrected chi connectivity index (χ3v) is 7.12. The van der Waals surface area contributed by atoms with E-state index in [1.165, 1.54) is 66.8 Å². The molecule has 0 radical (unpaired) electrons. The Morgan fingerprint density at radius 2 is 1.07 bits per heavy atom. The van der Waals surface area contributed by atoms with E-state index in [-0.39, 0.29) is 45.9 Å². The van der Waals surface area contributed by atoms with Crippen LogP contribution in [0.25, 0.3) is 11.1 Å². The van der Waals surface area contributed by atoms with Crippen LogP contribution in [0, 0.1) is 70.8 Å². The number of aryl methyl sites for hydroxylation is 8. The molecule has 0 aliphatic rings. The van der Waals surface area contributed by atoms with Crippen LogP contribution in [-0.4, -0.2) is 37.3 Å². The second-order valence-corrected chi connectivity index (χ2v) is 10.8.